The van der Waals surface area contributed by atoms with Crippen molar-refractivity contribution in [1.29, 1.82) is 0 Å². The zero-order valence-corrected chi connectivity index (χ0v) is 11.1. The summed E-state index contributed by atoms with van der Waals surface area (Å²) in [5.41, 5.74) is -0.954. The van der Waals surface area contributed by atoms with E-state index in [-0.39, 0.29) is 19.1 Å². The third kappa shape index (κ3) is 4.63. The number of thiophene rings is 1. The first-order valence-corrected chi connectivity index (χ1v) is 6.50. The van der Waals surface area contributed by atoms with Gasteiger partial charge in [0, 0.05) is 16.7 Å². The highest BCUT2D eigenvalue weighted by molar-refractivity contribution is 7.10. The van der Waals surface area contributed by atoms with Crippen LogP contribution < -0.4 is 5.32 Å². The molecule has 0 atom stereocenters. The highest BCUT2D eigenvalue weighted by Crippen LogP contribution is 2.20. The maximum Gasteiger partial charge on any atom is 0.220 e. The number of aliphatic hydroxyl groups excluding tert-OH is 2. The van der Waals surface area contributed by atoms with Crippen molar-refractivity contribution >= 4 is 28.8 Å². The Morgan fingerprint density at radius 1 is 1.53 bits per heavy atom. The zero-order valence-electron chi connectivity index (χ0n) is 9.57. The number of hydrogen-bond donors (Lipinski definition) is 3. The van der Waals surface area contributed by atoms with Gasteiger partial charge in [0.15, 0.2) is 0 Å². The van der Waals surface area contributed by atoms with E-state index in [1.807, 2.05) is 11.4 Å². The quantitative estimate of drug-likeness (QED) is 0.732. The van der Waals surface area contributed by atoms with Crippen LogP contribution in [0.1, 0.15) is 18.2 Å². The second kappa shape index (κ2) is 6.35. The Kier molecular flexibility index (Phi) is 5.39. The van der Waals surface area contributed by atoms with Crippen molar-refractivity contribution in [2.24, 2.45) is 0 Å². The molecule has 0 aliphatic heterocycles. The molecule has 1 amide bonds. The lowest BCUT2D eigenvalue weighted by atomic mass is 10.1. The highest BCUT2D eigenvalue weighted by Gasteiger charge is 2.24. The smallest absolute Gasteiger partial charge is 0.220 e. The highest BCUT2D eigenvalue weighted by atomic mass is 35.5. The van der Waals surface area contributed by atoms with Crippen LogP contribution in [0.25, 0.3) is 0 Å². The molecule has 0 aliphatic rings. The van der Waals surface area contributed by atoms with Crippen LogP contribution in [0.4, 0.5) is 0 Å². The van der Waals surface area contributed by atoms with Gasteiger partial charge in [-0.05, 0) is 19.4 Å². The minimum Gasteiger partial charge on any atom is -0.394 e. The molecule has 0 radical (unpaired) electrons. The molecule has 96 valence electrons. The van der Waals surface area contributed by atoms with E-state index in [0.717, 1.165) is 4.88 Å². The molecule has 0 aliphatic carbocycles. The van der Waals surface area contributed by atoms with Crippen LogP contribution in [0.15, 0.2) is 11.4 Å². The molecule has 17 heavy (non-hydrogen) atoms. The van der Waals surface area contributed by atoms with E-state index in [9.17, 15) is 4.79 Å². The Balaban J connectivity index is 2.40. The summed E-state index contributed by atoms with van der Waals surface area (Å²) in [7, 11) is 0. The molecule has 1 heterocycles. The number of carbonyl (C=O) groups excluding carboxylic acids is 1. The lowest BCUT2D eigenvalue weighted by Gasteiger charge is -2.26. The third-order valence-corrected chi connectivity index (χ3v) is 3.70. The van der Waals surface area contributed by atoms with Crippen molar-refractivity contribution < 1.29 is 15.0 Å². The van der Waals surface area contributed by atoms with Gasteiger partial charge in [-0.15, -0.1) is 11.3 Å². The van der Waals surface area contributed by atoms with Gasteiger partial charge in [-0.25, -0.2) is 0 Å². The summed E-state index contributed by atoms with van der Waals surface area (Å²) in [6, 6.07) is 1.83. The predicted molar refractivity (Wildman–Crippen MR) is 68.4 cm³/mol. The number of aliphatic hydroxyl groups is 2. The Morgan fingerprint density at radius 3 is 2.65 bits per heavy atom. The van der Waals surface area contributed by atoms with E-state index in [0.29, 0.717) is 17.9 Å². The molecule has 0 saturated carbocycles. The van der Waals surface area contributed by atoms with Gasteiger partial charge >= 0.3 is 0 Å². The molecule has 3 N–H and O–H groups in total. The summed E-state index contributed by atoms with van der Waals surface area (Å²) >= 11 is 7.28. The van der Waals surface area contributed by atoms with E-state index in [4.69, 9.17) is 21.8 Å². The van der Waals surface area contributed by atoms with E-state index in [1.165, 1.54) is 11.3 Å². The van der Waals surface area contributed by atoms with Crippen LogP contribution in [-0.4, -0.2) is 34.9 Å². The third-order valence-electron chi connectivity index (χ3n) is 2.36. The molecule has 0 saturated heterocycles. The van der Waals surface area contributed by atoms with Gasteiger partial charge in [-0.2, -0.15) is 0 Å². The van der Waals surface area contributed by atoms with Crippen LogP contribution in [0.3, 0.4) is 0 Å². The van der Waals surface area contributed by atoms with Gasteiger partial charge < -0.3 is 15.5 Å². The molecular weight excluding hydrogens is 262 g/mol. The molecule has 0 unspecified atom stereocenters. The van der Waals surface area contributed by atoms with Gasteiger partial charge in [0.25, 0.3) is 0 Å². The first kappa shape index (κ1) is 14.4. The summed E-state index contributed by atoms with van der Waals surface area (Å²) in [4.78, 5) is 12.6. The van der Waals surface area contributed by atoms with Crippen molar-refractivity contribution in [1.82, 2.24) is 5.32 Å². The number of carbonyl (C=O) groups is 1. The first-order valence-electron chi connectivity index (χ1n) is 5.25. The van der Waals surface area contributed by atoms with Crippen molar-refractivity contribution in [3.63, 3.8) is 0 Å². The molecule has 6 heteroatoms. The molecule has 1 aromatic rings. The standard InChI is InChI=1S/C11H16ClNO3S/c1-11(6-14,7-15)13-10(16)3-2-9-4-8(12)5-17-9/h4-5,14-15H,2-3,6-7H2,1H3,(H,13,16). The lowest BCUT2D eigenvalue weighted by Crippen LogP contribution is -2.51. The maximum absolute atomic E-state index is 11.6. The minimum absolute atomic E-state index is 0.194. The SMILES string of the molecule is CC(CO)(CO)NC(=O)CCc1cc(Cl)cs1. The zero-order chi connectivity index (χ0) is 12.9. The molecule has 0 fully saturated rings. The fourth-order valence-electron chi connectivity index (χ4n) is 1.25. The van der Waals surface area contributed by atoms with Crippen molar-refractivity contribution in [2.45, 2.75) is 25.3 Å². The molecule has 4 nitrogen and oxygen atoms in total. The van der Waals surface area contributed by atoms with Crippen LogP contribution in [0, 0.1) is 0 Å². The average molecular weight is 278 g/mol. The number of amides is 1. The molecule has 1 aromatic heterocycles. The Hall–Kier alpha value is -0.620. The average Bonchev–Trinajstić information content (AvgIpc) is 2.72. The fraction of sp³-hybridized carbons (Fsp3) is 0.545. The Morgan fingerprint density at radius 2 is 2.18 bits per heavy atom. The number of hydrogen-bond acceptors (Lipinski definition) is 4. The fourth-order valence-corrected chi connectivity index (χ4v) is 2.33. The summed E-state index contributed by atoms with van der Waals surface area (Å²) in [6.45, 7) is 1.01. The lowest BCUT2D eigenvalue weighted by molar-refractivity contribution is -0.124. The maximum atomic E-state index is 11.6. The normalized spacial score (nSPS) is 11.5. The summed E-state index contributed by atoms with van der Waals surface area (Å²) < 4.78 is 0. The van der Waals surface area contributed by atoms with E-state index in [2.05, 4.69) is 5.32 Å². The van der Waals surface area contributed by atoms with Gasteiger partial charge in [0.2, 0.25) is 5.91 Å². The number of aryl methyl sites for hydroxylation is 1. The molecule has 1 rings (SSSR count). The van der Waals surface area contributed by atoms with E-state index >= 15 is 0 Å². The van der Waals surface area contributed by atoms with Crippen molar-refractivity contribution in [3.8, 4) is 0 Å². The number of halogens is 1. The van der Waals surface area contributed by atoms with E-state index in [1.54, 1.807) is 6.92 Å². The van der Waals surface area contributed by atoms with Crippen LogP contribution in [-0.2, 0) is 11.2 Å². The van der Waals surface area contributed by atoms with Gasteiger partial charge in [0.1, 0.15) is 0 Å². The Bertz CT molecular complexity index is 377. The second-order valence-electron chi connectivity index (χ2n) is 4.16. The monoisotopic (exact) mass is 277 g/mol. The molecule has 0 aromatic carbocycles. The predicted octanol–water partition coefficient (Wildman–Crippen LogP) is 1.19. The van der Waals surface area contributed by atoms with Crippen LogP contribution in [0.2, 0.25) is 5.02 Å². The summed E-state index contributed by atoms with van der Waals surface area (Å²) in [5, 5.41) is 23.2. The topological polar surface area (TPSA) is 69.6 Å². The largest absolute Gasteiger partial charge is 0.394 e. The number of rotatable bonds is 6. The minimum atomic E-state index is -0.954. The van der Waals surface area contributed by atoms with Crippen LogP contribution in [0.5, 0.6) is 0 Å². The van der Waals surface area contributed by atoms with Crippen molar-refractivity contribution in [2.75, 3.05) is 13.2 Å². The summed E-state index contributed by atoms with van der Waals surface area (Å²) in [6.07, 6.45) is 0.919. The molecule has 0 spiro atoms. The Labute approximate surface area is 109 Å². The van der Waals surface area contributed by atoms with Crippen LogP contribution >= 0.6 is 22.9 Å². The van der Waals surface area contributed by atoms with Gasteiger partial charge in [-0.1, -0.05) is 11.6 Å². The molecule has 0 bridgehead atoms. The number of nitrogens with one attached hydrogen (secondary N) is 1. The van der Waals surface area contributed by atoms with Crippen molar-refractivity contribution in [3.05, 3.63) is 21.3 Å². The van der Waals surface area contributed by atoms with Gasteiger partial charge in [0.05, 0.1) is 23.8 Å². The van der Waals surface area contributed by atoms with E-state index < -0.39 is 5.54 Å². The second-order valence-corrected chi connectivity index (χ2v) is 5.59. The van der Waals surface area contributed by atoms with Gasteiger partial charge in [-0.3, -0.25) is 4.79 Å². The summed E-state index contributed by atoms with van der Waals surface area (Å²) in [5.74, 6) is -0.194. The molecular formula is C11H16ClNO3S. The first-order chi connectivity index (χ1) is 7.99.